The molecule has 0 radical (unpaired) electrons. The highest BCUT2D eigenvalue weighted by molar-refractivity contribution is 5.60. The highest BCUT2D eigenvalue weighted by atomic mass is 19.1. The summed E-state index contributed by atoms with van der Waals surface area (Å²) in [5.74, 6) is -0.355. The number of anilines is 1. The molecule has 0 aliphatic carbocycles. The fourth-order valence-electron chi connectivity index (χ4n) is 6.89. The molecule has 0 fully saturated rings. The first-order chi connectivity index (χ1) is 26.8. The van der Waals surface area contributed by atoms with Gasteiger partial charge < -0.3 is 14.8 Å². The van der Waals surface area contributed by atoms with E-state index in [9.17, 15) is 0 Å². The summed E-state index contributed by atoms with van der Waals surface area (Å²) in [6.07, 6.45) is -0.343. The first kappa shape index (κ1) is 36.6. The molecule has 0 amide bonds. The van der Waals surface area contributed by atoms with Gasteiger partial charge in [0.15, 0.2) is 28.9 Å². The summed E-state index contributed by atoms with van der Waals surface area (Å²) < 4.78 is 46.8. The second-order valence-electron chi connectivity index (χ2n) is 13.2. The minimum atomic E-state index is -1.21. The monoisotopic (exact) mass is 731 g/mol. The van der Waals surface area contributed by atoms with Crippen molar-refractivity contribution in [2.75, 3.05) is 11.9 Å². The second kappa shape index (κ2) is 16.1. The summed E-state index contributed by atoms with van der Waals surface area (Å²) in [6, 6.07) is 45.0. The Hall–Kier alpha value is -6.79. The predicted molar refractivity (Wildman–Crippen MR) is 212 cm³/mol. The molecule has 1 heterocycles. The molecular formula is C46H39F2N5O2. The number of halogens is 2. The van der Waals surface area contributed by atoms with E-state index in [0.717, 1.165) is 16.7 Å². The van der Waals surface area contributed by atoms with E-state index in [1.54, 1.807) is 59.3 Å². The van der Waals surface area contributed by atoms with Crippen LogP contribution < -0.4 is 14.8 Å². The molecule has 0 aliphatic heterocycles. The summed E-state index contributed by atoms with van der Waals surface area (Å²) in [5.41, 5.74) is 2.67. The van der Waals surface area contributed by atoms with Gasteiger partial charge in [-0.05, 0) is 67.8 Å². The largest absolute Gasteiger partial charge is 0.494 e. The smallest absolute Gasteiger partial charge is 0.187 e. The Balaban J connectivity index is 1.63. The van der Waals surface area contributed by atoms with Gasteiger partial charge in [0.1, 0.15) is 23.1 Å². The molecule has 274 valence electrons. The van der Waals surface area contributed by atoms with Gasteiger partial charge in [0.25, 0.3) is 0 Å². The van der Waals surface area contributed by atoms with Crippen molar-refractivity contribution < 1.29 is 18.3 Å². The van der Waals surface area contributed by atoms with Crippen LogP contribution >= 0.6 is 0 Å². The van der Waals surface area contributed by atoms with Crippen LogP contribution in [-0.2, 0) is 5.54 Å². The van der Waals surface area contributed by atoms with Crippen molar-refractivity contribution in [2.24, 2.45) is 0 Å². The molecule has 1 N–H and O–H groups in total. The normalized spacial score (nSPS) is 11.9. The number of rotatable bonds is 13. The molecule has 0 aliphatic rings. The lowest BCUT2D eigenvalue weighted by molar-refractivity contribution is 0.228. The van der Waals surface area contributed by atoms with Gasteiger partial charge in [-0.25, -0.2) is 23.3 Å². The van der Waals surface area contributed by atoms with E-state index < -0.39 is 23.2 Å². The highest BCUT2D eigenvalue weighted by Crippen LogP contribution is 2.45. The topological polar surface area (TPSA) is 65.6 Å². The van der Waals surface area contributed by atoms with Gasteiger partial charge in [-0.2, -0.15) is 0 Å². The Morgan fingerprint density at radius 3 is 1.85 bits per heavy atom. The highest BCUT2D eigenvalue weighted by Gasteiger charge is 2.44. The number of nitrogens with one attached hydrogen (secondary N) is 1. The van der Waals surface area contributed by atoms with Crippen LogP contribution in [0.1, 0.15) is 54.9 Å². The van der Waals surface area contributed by atoms with E-state index in [1.807, 2.05) is 112 Å². The van der Waals surface area contributed by atoms with Gasteiger partial charge in [-0.3, -0.25) is 0 Å². The van der Waals surface area contributed by atoms with Crippen LogP contribution in [0.5, 0.6) is 11.5 Å². The molecule has 0 bridgehead atoms. The first-order valence-electron chi connectivity index (χ1n) is 18.1. The van der Waals surface area contributed by atoms with Gasteiger partial charge in [0, 0.05) is 17.3 Å². The average molecular weight is 732 g/mol. The quantitative estimate of drug-likeness (QED) is 0.0945. The predicted octanol–water partition coefficient (Wildman–Crippen LogP) is 11.0. The molecule has 7 rings (SSSR count). The lowest BCUT2D eigenvalue weighted by Crippen LogP contribution is -2.41. The maximum atomic E-state index is 17.2. The number of aromatic nitrogens is 3. The first-order valence-corrected chi connectivity index (χ1v) is 18.1. The van der Waals surface area contributed by atoms with E-state index in [2.05, 4.69) is 10.2 Å². The molecule has 1 unspecified atom stereocenters. The molecule has 0 saturated heterocycles. The molecule has 0 saturated carbocycles. The van der Waals surface area contributed by atoms with E-state index in [1.165, 1.54) is 6.07 Å². The molecular weight excluding hydrogens is 693 g/mol. The summed E-state index contributed by atoms with van der Waals surface area (Å²) in [4.78, 5) is 8.70. The standard InChI is InChI=1S/C46H39F2N5O2/c1-5-54-37-29-39(42(48)41(30-37)55-31(2)3)43(50-36-27-25-35(49-4)26-28-36)45-51-44(38-23-15-16-24-40(38)47)52-53(45)46(32-17-9-6-10-18-32,33-19-11-7-12-20-33)34-21-13-8-14-22-34/h6-31,43,50H,5H2,1-3H3. The Kier molecular flexibility index (Phi) is 10.7. The number of nitrogens with zero attached hydrogens (tertiary/aromatic N) is 4. The zero-order valence-corrected chi connectivity index (χ0v) is 30.7. The number of ether oxygens (including phenoxy) is 2. The number of hydrogen-bond acceptors (Lipinski definition) is 5. The van der Waals surface area contributed by atoms with Gasteiger partial charge in [-0.1, -0.05) is 115 Å². The Labute approximate surface area is 319 Å². The molecule has 55 heavy (non-hydrogen) atoms. The third-order valence-electron chi connectivity index (χ3n) is 9.23. The molecule has 0 spiro atoms. The zero-order chi connectivity index (χ0) is 38.4. The lowest BCUT2D eigenvalue weighted by Gasteiger charge is -2.38. The van der Waals surface area contributed by atoms with Crippen LogP contribution in [0.15, 0.2) is 152 Å². The fourth-order valence-corrected chi connectivity index (χ4v) is 6.89. The van der Waals surface area contributed by atoms with Crippen molar-refractivity contribution in [1.82, 2.24) is 14.8 Å². The molecule has 1 atom stereocenters. The summed E-state index contributed by atoms with van der Waals surface area (Å²) in [6.45, 7) is 13.3. The van der Waals surface area contributed by atoms with Gasteiger partial charge in [0.2, 0.25) is 0 Å². The minimum Gasteiger partial charge on any atom is -0.494 e. The van der Waals surface area contributed by atoms with E-state index in [4.69, 9.17) is 26.1 Å². The summed E-state index contributed by atoms with van der Waals surface area (Å²) in [5, 5.41) is 8.75. The van der Waals surface area contributed by atoms with Crippen LogP contribution in [0.4, 0.5) is 20.2 Å². The molecule has 6 aromatic carbocycles. The summed E-state index contributed by atoms with van der Waals surface area (Å²) >= 11 is 0. The Morgan fingerprint density at radius 1 is 0.764 bits per heavy atom. The van der Waals surface area contributed by atoms with Gasteiger partial charge in [0.05, 0.1) is 24.8 Å². The third kappa shape index (κ3) is 7.27. The van der Waals surface area contributed by atoms with Crippen molar-refractivity contribution in [3.63, 3.8) is 0 Å². The Morgan fingerprint density at radius 2 is 1.33 bits per heavy atom. The minimum absolute atomic E-state index is 0.00642. The zero-order valence-electron chi connectivity index (χ0n) is 30.7. The fraction of sp³-hybridized carbons (Fsp3) is 0.152. The Bertz CT molecular complexity index is 2320. The molecule has 1 aromatic heterocycles. The van der Waals surface area contributed by atoms with Crippen molar-refractivity contribution in [2.45, 2.75) is 38.5 Å². The van der Waals surface area contributed by atoms with Crippen molar-refractivity contribution in [3.8, 4) is 22.9 Å². The third-order valence-corrected chi connectivity index (χ3v) is 9.23. The molecule has 9 heteroatoms. The van der Waals surface area contributed by atoms with Crippen LogP contribution in [0.25, 0.3) is 16.2 Å². The van der Waals surface area contributed by atoms with E-state index >= 15 is 8.78 Å². The average Bonchev–Trinajstić information content (AvgIpc) is 3.65. The number of hydrogen-bond donors (Lipinski definition) is 1. The summed E-state index contributed by atoms with van der Waals surface area (Å²) in [7, 11) is 0. The van der Waals surface area contributed by atoms with Crippen molar-refractivity contribution in [1.29, 1.82) is 0 Å². The number of benzene rings is 6. The second-order valence-corrected chi connectivity index (χ2v) is 13.2. The van der Waals surface area contributed by atoms with Crippen LogP contribution in [0.2, 0.25) is 0 Å². The van der Waals surface area contributed by atoms with Gasteiger partial charge >= 0.3 is 0 Å². The van der Waals surface area contributed by atoms with Crippen molar-refractivity contribution >= 4 is 11.4 Å². The van der Waals surface area contributed by atoms with Gasteiger partial charge in [-0.15, -0.1) is 5.10 Å². The van der Waals surface area contributed by atoms with Crippen LogP contribution in [-0.4, -0.2) is 27.5 Å². The maximum Gasteiger partial charge on any atom is 0.187 e. The van der Waals surface area contributed by atoms with E-state index in [-0.39, 0.29) is 34.6 Å². The molecule has 7 aromatic rings. The van der Waals surface area contributed by atoms with Crippen molar-refractivity contribution in [3.05, 3.63) is 203 Å². The maximum absolute atomic E-state index is 17.2. The van der Waals surface area contributed by atoms with Crippen LogP contribution in [0, 0.1) is 18.2 Å². The molecule has 7 nitrogen and oxygen atoms in total. The lowest BCUT2D eigenvalue weighted by atomic mass is 9.77. The van der Waals surface area contributed by atoms with Crippen LogP contribution in [0.3, 0.4) is 0 Å². The van der Waals surface area contributed by atoms with E-state index in [0.29, 0.717) is 23.7 Å². The SMILES string of the molecule is [C-]#[N+]c1ccc(NC(c2cc(OCC)cc(OC(C)C)c2F)c2nc(-c3ccccc3F)nn2C(c2ccccc2)(c2ccccc2)c2ccccc2)cc1.